The monoisotopic (exact) mass is 408 g/mol. The number of nitro benzene ring substituents is 1. The molecule has 8 heteroatoms. The third-order valence-electron chi connectivity index (χ3n) is 5.35. The molecular weight excluding hydrogens is 384 g/mol. The van der Waals surface area contributed by atoms with E-state index >= 15 is 0 Å². The first-order valence-electron chi connectivity index (χ1n) is 9.76. The maximum absolute atomic E-state index is 11.8. The average Bonchev–Trinajstić information content (AvgIpc) is 3.15. The molecule has 0 radical (unpaired) electrons. The molecule has 0 atom stereocenters. The van der Waals surface area contributed by atoms with Crippen molar-refractivity contribution >= 4 is 5.69 Å². The number of aromatic nitrogens is 2. The van der Waals surface area contributed by atoms with Gasteiger partial charge in [0.15, 0.2) is 5.75 Å². The Labute approximate surface area is 174 Å². The molecule has 2 aromatic carbocycles. The molecule has 0 spiro atoms. The Kier molecular flexibility index (Phi) is 5.41. The topological polar surface area (TPSA) is 93.5 Å². The van der Waals surface area contributed by atoms with Crippen LogP contribution < -0.4 is 9.47 Å². The van der Waals surface area contributed by atoms with E-state index in [2.05, 4.69) is 15.1 Å². The van der Waals surface area contributed by atoms with Gasteiger partial charge in [-0.1, -0.05) is 29.8 Å². The number of hydrogen-bond donors (Lipinski definition) is 1. The fourth-order valence-electron chi connectivity index (χ4n) is 3.67. The van der Waals surface area contributed by atoms with Crippen LogP contribution in [0.2, 0.25) is 0 Å². The Bertz CT molecular complexity index is 1080. The molecule has 4 rings (SSSR count). The molecule has 156 valence electrons. The van der Waals surface area contributed by atoms with E-state index in [9.17, 15) is 10.1 Å². The van der Waals surface area contributed by atoms with Crippen molar-refractivity contribution in [1.82, 2.24) is 15.1 Å². The lowest BCUT2D eigenvalue weighted by atomic mass is 10.0. The van der Waals surface area contributed by atoms with Crippen LogP contribution in [0, 0.1) is 17.0 Å². The van der Waals surface area contributed by atoms with Crippen molar-refractivity contribution in [3.63, 3.8) is 0 Å². The first-order chi connectivity index (χ1) is 14.5. The van der Waals surface area contributed by atoms with Crippen LogP contribution >= 0.6 is 0 Å². The number of nitrogens with one attached hydrogen (secondary N) is 1. The van der Waals surface area contributed by atoms with Crippen LogP contribution in [0.3, 0.4) is 0 Å². The number of likely N-dealkylation sites (N-methyl/N-ethyl adjacent to an activating group) is 1. The van der Waals surface area contributed by atoms with Crippen LogP contribution in [0.25, 0.3) is 11.3 Å². The Morgan fingerprint density at radius 2 is 2.03 bits per heavy atom. The van der Waals surface area contributed by atoms with Gasteiger partial charge in [-0.15, -0.1) is 0 Å². The molecular formula is C22H24N4O4. The number of benzene rings is 2. The smallest absolute Gasteiger partial charge is 0.315 e. The first-order valence-corrected chi connectivity index (χ1v) is 9.76. The minimum Gasteiger partial charge on any atom is -0.493 e. The minimum absolute atomic E-state index is 0.119. The molecule has 1 N–H and O–H groups in total. The normalized spacial score (nSPS) is 13.7. The average molecular weight is 408 g/mol. The SMILES string of the molecule is COc1cc(-c2n[nH]c3c2CN(C)CC3)cc([N+](=O)[O-])c1OCc1ccc(C)cc1. The van der Waals surface area contributed by atoms with Gasteiger partial charge in [0.25, 0.3) is 0 Å². The molecule has 8 nitrogen and oxygen atoms in total. The second-order valence-electron chi connectivity index (χ2n) is 7.58. The molecule has 0 unspecified atom stereocenters. The molecule has 0 fully saturated rings. The molecule has 1 aliphatic heterocycles. The Balaban J connectivity index is 1.71. The number of rotatable bonds is 6. The quantitative estimate of drug-likeness (QED) is 0.492. The Morgan fingerprint density at radius 1 is 1.27 bits per heavy atom. The highest BCUT2D eigenvalue weighted by atomic mass is 16.6. The summed E-state index contributed by atoms with van der Waals surface area (Å²) in [6, 6.07) is 11.1. The summed E-state index contributed by atoms with van der Waals surface area (Å²) in [6.45, 7) is 3.90. The summed E-state index contributed by atoms with van der Waals surface area (Å²) < 4.78 is 11.3. The van der Waals surface area contributed by atoms with Crippen LogP contribution in [0.4, 0.5) is 5.69 Å². The Hall–Kier alpha value is -3.39. The summed E-state index contributed by atoms with van der Waals surface area (Å²) in [5, 5.41) is 19.4. The van der Waals surface area contributed by atoms with E-state index in [-0.39, 0.29) is 18.0 Å². The molecule has 0 aliphatic carbocycles. The van der Waals surface area contributed by atoms with Crippen molar-refractivity contribution in [3.8, 4) is 22.8 Å². The van der Waals surface area contributed by atoms with Gasteiger partial charge >= 0.3 is 5.69 Å². The van der Waals surface area contributed by atoms with E-state index in [0.717, 1.165) is 41.9 Å². The number of nitro groups is 1. The highest BCUT2D eigenvalue weighted by molar-refractivity contribution is 5.73. The molecule has 0 saturated carbocycles. The van der Waals surface area contributed by atoms with Crippen molar-refractivity contribution in [1.29, 1.82) is 0 Å². The van der Waals surface area contributed by atoms with Gasteiger partial charge in [-0.05, 0) is 25.6 Å². The second kappa shape index (κ2) is 8.16. The maximum atomic E-state index is 11.8. The predicted molar refractivity (Wildman–Crippen MR) is 113 cm³/mol. The number of ether oxygens (including phenoxy) is 2. The van der Waals surface area contributed by atoms with Crippen LogP contribution in [-0.2, 0) is 19.6 Å². The van der Waals surface area contributed by atoms with Crippen molar-refractivity contribution < 1.29 is 14.4 Å². The highest BCUT2D eigenvalue weighted by Crippen LogP contribution is 2.42. The molecule has 30 heavy (non-hydrogen) atoms. The van der Waals surface area contributed by atoms with Crippen molar-refractivity contribution in [2.45, 2.75) is 26.5 Å². The standard InChI is InChI=1S/C22H24N4O4/c1-14-4-6-15(7-5-14)13-30-22-19(26(27)28)10-16(11-20(22)29-3)21-17-12-25(2)9-8-18(17)23-24-21/h4-7,10-11H,8-9,12-13H2,1-3H3,(H,23,24). The zero-order valence-corrected chi connectivity index (χ0v) is 17.3. The van der Waals surface area contributed by atoms with Gasteiger partial charge in [-0.2, -0.15) is 5.10 Å². The van der Waals surface area contributed by atoms with E-state index in [1.54, 1.807) is 6.07 Å². The molecule has 1 aliphatic rings. The summed E-state index contributed by atoms with van der Waals surface area (Å²) in [4.78, 5) is 13.6. The fourth-order valence-corrected chi connectivity index (χ4v) is 3.67. The van der Waals surface area contributed by atoms with Gasteiger partial charge in [0.2, 0.25) is 5.75 Å². The van der Waals surface area contributed by atoms with E-state index in [0.29, 0.717) is 17.0 Å². The minimum atomic E-state index is -0.443. The summed E-state index contributed by atoms with van der Waals surface area (Å²) >= 11 is 0. The van der Waals surface area contributed by atoms with Gasteiger partial charge in [0.1, 0.15) is 6.61 Å². The van der Waals surface area contributed by atoms with Gasteiger partial charge in [-0.3, -0.25) is 15.2 Å². The lowest BCUT2D eigenvalue weighted by molar-refractivity contribution is -0.386. The molecule has 2 heterocycles. The summed E-state index contributed by atoms with van der Waals surface area (Å²) in [6.07, 6.45) is 0.871. The lowest BCUT2D eigenvalue weighted by Crippen LogP contribution is -2.26. The van der Waals surface area contributed by atoms with Crippen LogP contribution in [0.15, 0.2) is 36.4 Å². The fraction of sp³-hybridized carbons (Fsp3) is 0.318. The number of aromatic amines is 1. The third-order valence-corrected chi connectivity index (χ3v) is 5.35. The number of nitrogens with zero attached hydrogens (tertiary/aromatic N) is 3. The number of fused-ring (bicyclic) bond motifs is 1. The van der Waals surface area contributed by atoms with Crippen LogP contribution in [0.1, 0.15) is 22.4 Å². The molecule has 1 aromatic heterocycles. The van der Waals surface area contributed by atoms with E-state index < -0.39 is 4.92 Å². The van der Waals surface area contributed by atoms with Crippen LogP contribution in [0.5, 0.6) is 11.5 Å². The number of aryl methyl sites for hydroxylation is 1. The van der Waals surface area contributed by atoms with Gasteiger partial charge < -0.3 is 14.4 Å². The maximum Gasteiger partial charge on any atom is 0.315 e. The molecule has 0 bridgehead atoms. The van der Waals surface area contributed by atoms with E-state index in [1.807, 2.05) is 38.2 Å². The number of methoxy groups -OCH3 is 1. The van der Waals surface area contributed by atoms with Crippen molar-refractivity contribution in [2.75, 3.05) is 20.7 Å². The molecule has 3 aromatic rings. The van der Waals surface area contributed by atoms with Gasteiger partial charge in [0.05, 0.1) is 17.7 Å². The lowest BCUT2D eigenvalue weighted by Gasteiger charge is -2.22. The largest absolute Gasteiger partial charge is 0.493 e. The van der Waals surface area contributed by atoms with E-state index in [4.69, 9.17) is 9.47 Å². The summed E-state index contributed by atoms with van der Waals surface area (Å²) in [7, 11) is 3.53. The highest BCUT2D eigenvalue weighted by Gasteiger charge is 2.27. The second-order valence-corrected chi connectivity index (χ2v) is 7.58. The summed E-state index contributed by atoms with van der Waals surface area (Å²) in [5.41, 5.74) is 5.40. The third kappa shape index (κ3) is 3.86. The zero-order chi connectivity index (χ0) is 21.3. The van der Waals surface area contributed by atoms with Crippen molar-refractivity contribution in [2.24, 2.45) is 0 Å². The zero-order valence-electron chi connectivity index (χ0n) is 17.3. The molecule has 0 amide bonds. The number of H-pyrrole nitrogens is 1. The Morgan fingerprint density at radius 3 is 2.73 bits per heavy atom. The van der Waals surface area contributed by atoms with Gasteiger partial charge in [-0.25, -0.2) is 0 Å². The van der Waals surface area contributed by atoms with Crippen LogP contribution in [-0.4, -0.2) is 40.7 Å². The van der Waals surface area contributed by atoms with Crippen molar-refractivity contribution in [3.05, 3.63) is 68.9 Å². The number of hydrogen-bond acceptors (Lipinski definition) is 6. The van der Waals surface area contributed by atoms with E-state index in [1.165, 1.54) is 13.2 Å². The summed E-state index contributed by atoms with van der Waals surface area (Å²) in [5.74, 6) is 0.431. The van der Waals surface area contributed by atoms with Gasteiger partial charge in [0, 0.05) is 42.4 Å². The predicted octanol–water partition coefficient (Wildman–Crippen LogP) is 3.87. The molecule has 0 saturated heterocycles. The first kappa shape index (κ1) is 19.9.